The van der Waals surface area contributed by atoms with Gasteiger partial charge < -0.3 is 16.3 Å². The van der Waals surface area contributed by atoms with Crippen LogP contribution in [-0.4, -0.2) is 28.0 Å². The van der Waals surface area contributed by atoms with Gasteiger partial charge in [0.2, 0.25) is 0 Å². The highest BCUT2D eigenvalue weighted by Gasteiger charge is 2.21. The van der Waals surface area contributed by atoms with E-state index >= 15 is 0 Å². The zero-order chi connectivity index (χ0) is 12.1. The second-order valence-electron chi connectivity index (χ2n) is 3.59. The number of amidine groups is 1. The van der Waals surface area contributed by atoms with E-state index in [4.69, 9.17) is 10.9 Å². The van der Waals surface area contributed by atoms with Crippen LogP contribution in [0.5, 0.6) is 0 Å². The van der Waals surface area contributed by atoms with Gasteiger partial charge in [0.15, 0.2) is 5.84 Å². The number of carbonyl (C=O) groups excluding carboxylic acids is 1. The summed E-state index contributed by atoms with van der Waals surface area (Å²) >= 11 is 1.33. The fourth-order valence-corrected chi connectivity index (χ4v) is 1.72. The molecule has 16 heavy (non-hydrogen) atoms. The number of nitrogens with zero attached hydrogens (tertiary/aromatic N) is 2. The van der Waals surface area contributed by atoms with Crippen LogP contribution in [-0.2, 0) is 0 Å². The number of thiazole rings is 1. The molecule has 0 fully saturated rings. The number of hydrogen-bond acceptors (Lipinski definition) is 5. The predicted molar refractivity (Wildman–Crippen MR) is 61.6 cm³/mol. The second-order valence-corrected chi connectivity index (χ2v) is 4.31. The Morgan fingerprint density at radius 3 is 2.81 bits per heavy atom. The van der Waals surface area contributed by atoms with Crippen LogP contribution in [0.1, 0.15) is 24.3 Å². The Morgan fingerprint density at radius 2 is 2.38 bits per heavy atom. The van der Waals surface area contributed by atoms with E-state index < -0.39 is 6.04 Å². The highest BCUT2D eigenvalue weighted by molar-refractivity contribution is 7.07. The van der Waals surface area contributed by atoms with Crippen molar-refractivity contribution in [3.8, 4) is 0 Å². The van der Waals surface area contributed by atoms with Gasteiger partial charge in [-0.2, -0.15) is 0 Å². The number of rotatable bonds is 4. The first-order valence-corrected chi connectivity index (χ1v) is 5.67. The van der Waals surface area contributed by atoms with Crippen molar-refractivity contribution < 1.29 is 10.0 Å². The molecule has 0 aliphatic heterocycles. The minimum atomic E-state index is -0.501. The van der Waals surface area contributed by atoms with E-state index in [1.165, 1.54) is 11.3 Å². The monoisotopic (exact) mass is 242 g/mol. The van der Waals surface area contributed by atoms with Crippen LogP contribution in [0.15, 0.2) is 16.0 Å². The normalized spacial score (nSPS) is 13.8. The number of nitrogens with one attached hydrogen (secondary N) is 1. The molecular formula is C9H14N4O2S. The summed E-state index contributed by atoms with van der Waals surface area (Å²) in [6.07, 6.45) is 0. The SMILES string of the molecule is CC(C)C(NC(=O)c1cscn1)C(N)=NO. The Hall–Kier alpha value is -1.63. The van der Waals surface area contributed by atoms with E-state index in [2.05, 4.69) is 15.5 Å². The van der Waals surface area contributed by atoms with E-state index in [1.54, 1.807) is 10.9 Å². The number of carbonyl (C=O) groups is 1. The first kappa shape index (κ1) is 12.4. The van der Waals surface area contributed by atoms with Crippen LogP contribution in [0.4, 0.5) is 0 Å². The molecule has 1 heterocycles. The molecule has 6 nitrogen and oxygen atoms in total. The molecule has 0 aliphatic rings. The van der Waals surface area contributed by atoms with Crippen molar-refractivity contribution >= 4 is 23.1 Å². The van der Waals surface area contributed by atoms with Crippen LogP contribution in [0.2, 0.25) is 0 Å². The van der Waals surface area contributed by atoms with Gasteiger partial charge in [0.05, 0.1) is 11.6 Å². The third-order valence-corrected chi connectivity index (χ3v) is 2.64. The Morgan fingerprint density at radius 1 is 1.69 bits per heavy atom. The number of nitrogens with two attached hydrogens (primary N) is 1. The Labute approximate surface area is 97.2 Å². The standard InChI is InChI=1S/C9H14N4O2S/c1-5(2)7(8(10)13-15)12-9(14)6-3-16-4-11-6/h3-5,7,15H,1-2H3,(H2,10,13)(H,12,14). The van der Waals surface area contributed by atoms with Crippen LogP contribution in [0.25, 0.3) is 0 Å². The van der Waals surface area contributed by atoms with Crippen molar-refractivity contribution in [2.75, 3.05) is 0 Å². The zero-order valence-electron chi connectivity index (χ0n) is 9.04. The lowest BCUT2D eigenvalue weighted by molar-refractivity contribution is 0.0934. The van der Waals surface area contributed by atoms with Gasteiger partial charge in [-0.3, -0.25) is 4.79 Å². The van der Waals surface area contributed by atoms with Crippen LogP contribution < -0.4 is 11.1 Å². The summed E-state index contributed by atoms with van der Waals surface area (Å²) < 4.78 is 0. The van der Waals surface area contributed by atoms with Gasteiger partial charge in [-0.15, -0.1) is 11.3 Å². The minimum absolute atomic E-state index is 0.0152. The maximum absolute atomic E-state index is 11.7. The van der Waals surface area contributed by atoms with E-state index in [1.807, 2.05) is 13.8 Å². The van der Waals surface area contributed by atoms with Crippen LogP contribution in [0, 0.1) is 5.92 Å². The largest absolute Gasteiger partial charge is 0.409 e. The van der Waals surface area contributed by atoms with E-state index in [0.717, 1.165) is 0 Å². The fraction of sp³-hybridized carbons (Fsp3) is 0.444. The molecule has 0 saturated carbocycles. The summed E-state index contributed by atoms with van der Waals surface area (Å²) in [7, 11) is 0. The molecular weight excluding hydrogens is 228 g/mol. The smallest absolute Gasteiger partial charge is 0.271 e. The summed E-state index contributed by atoms with van der Waals surface area (Å²) in [4.78, 5) is 15.6. The lowest BCUT2D eigenvalue weighted by atomic mass is 10.0. The minimum Gasteiger partial charge on any atom is -0.409 e. The summed E-state index contributed by atoms with van der Waals surface area (Å²) in [6, 6.07) is -0.501. The fourth-order valence-electron chi connectivity index (χ4n) is 1.18. The number of amides is 1. The molecule has 4 N–H and O–H groups in total. The highest BCUT2D eigenvalue weighted by atomic mass is 32.1. The first-order valence-electron chi connectivity index (χ1n) is 4.72. The molecule has 0 bridgehead atoms. The molecule has 1 rings (SSSR count). The van der Waals surface area contributed by atoms with Crippen molar-refractivity contribution in [3.05, 3.63) is 16.6 Å². The third kappa shape index (κ3) is 2.93. The van der Waals surface area contributed by atoms with Gasteiger partial charge in [-0.1, -0.05) is 19.0 Å². The van der Waals surface area contributed by atoms with Gasteiger partial charge in [0.1, 0.15) is 5.69 Å². The van der Waals surface area contributed by atoms with Gasteiger partial charge in [-0.05, 0) is 5.92 Å². The molecule has 0 radical (unpaired) electrons. The molecule has 1 aromatic heterocycles. The Kier molecular flexibility index (Phi) is 4.24. The molecule has 1 amide bonds. The molecule has 0 saturated heterocycles. The number of aromatic nitrogens is 1. The predicted octanol–water partition coefficient (Wildman–Crippen LogP) is 0.644. The average molecular weight is 242 g/mol. The number of oxime groups is 1. The molecule has 88 valence electrons. The Balaban J connectivity index is 2.73. The maximum atomic E-state index is 11.7. The lowest BCUT2D eigenvalue weighted by Gasteiger charge is -2.20. The summed E-state index contributed by atoms with van der Waals surface area (Å²) in [5, 5.41) is 15.8. The van der Waals surface area contributed by atoms with Crippen molar-refractivity contribution in [2.24, 2.45) is 16.8 Å². The molecule has 7 heteroatoms. The molecule has 0 spiro atoms. The molecule has 1 unspecified atom stereocenters. The van der Waals surface area contributed by atoms with Crippen molar-refractivity contribution in [3.63, 3.8) is 0 Å². The van der Waals surface area contributed by atoms with Crippen molar-refractivity contribution in [2.45, 2.75) is 19.9 Å². The third-order valence-electron chi connectivity index (χ3n) is 2.05. The van der Waals surface area contributed by atoms with Gasteiger partial charge in [-0.25, -0.2) is 4.98 Å². The summed E-state index contributed by atoms with van der Waals surface area (Å²) in [5.74, 6) is -0.316. The van der Waals surface area contributed by atoms with Gasteiger partial charge in [0, 0.05) is 5.38 Å². The van der Waals surface area contributed by atoms with Crippen molar-refractivity contribution in [1.82, 2.24) is 10.3 Å². The maximum Gasteiger partial charge on any atom is 0.271 e. The molecule has 1 aromatic rings. The lowest BCUT2D eigenvalue weighted by Crippen LogP contribution is -2.47. The highest BCUT2D eigenvalue weighted by Crippen LogP contribution is 2.05. The topological polar surface area (TPSA) is 101 Å². The van der Waals surface area contributed by atoms with Crippen molar-refractivity contribution in [1.29, 1.82) is 0 Å². The Bertz CT molecular complexity index is 375. The molecule has 0 aliphatic carbocycles. The summed E-state index contributed by atoms with van der Waals surface area (Å²) in [5.41, 5.74) is 7.39. The van der Waals surface area contributed by atoms with E-state index in [-0.39, 0.29) is 17.7 Å². The first-order chi connectivity index (χ1) is 7.56. The molecule has 0 aromatic carbocycles. The molecule has 1 atom stereocenters. The quantitative estimate of drug-likeness (QED) is 0.312. The number of hydrogen-bond donors (Lipinski definition) is 3. The zero-order valence-corrected chi connectivity index (χ0v) is 9.86. The van der Waals surface area contributed by atoms with E-state index in [9.17, 15) is 4.79 Å². The van der Waals surface area contributed by atoms with Gasteiger partial charge in [0.25, 0.3) is 5.91 Å². The average Bonchev–Trinajstić information content (AvgIpc) is 2.77. The van der Waals surface area contributed by atoms with Crippen LogP contribution >= 0.6 is 11.3 Å². The second kappa shape index (κ2) is 5.45. The van der Waals surface area contributed by atoms with E-state index in [0.29, 0.717) is 5.69 Å². The van der Waals surface area contributed by atoms with Gasteiger partial charge >= 0.3 is 0 Å². The van der Waals surface area contributed by atoms with Crippen LogP contribution in [0.3, 0.4) is 0 Å². The summed E-state index contributed by atoms with van der Waals surface area (Å²) in [6.45, 7) is 3.73.